The van der Waals surface area contributed by atoms with Crippen LogP contribution in [-0.2, 0) is 11.3 Å². The third-order valence-electron chi connectivity index (χ3n) is 5.30. The molecule has 2 aliphatic heterocycles. The van der Waals surface area contributed by atoms with E-state index < -0.39 is 0 Å². The van der Waals surface area contributed by atoms with Gasteiger partial charge in [-0.25, -0.2) is 4.39 Å². The van der Waals surface area contributed by atoms with Gasteiger partial charge in [-0.1, -0.05) is 36.4 Å². The van der Waals surface area contributed by atoms with E-state index in [9.17, 15) is 4.39 Å². The summed E-state index contributed by atoms with van der Waals surface area (Å²) in [7, 11) is 2.00. The molecule has 0 radical (unpaired) electrons. The fourth-order valence-corrected chi connectivity index (χ4v) is 3.84. The van der Waals surface area contributed by atoms with Crippen LogP contribution in [-0.4, -0.2) is 44.0 Å². The molecule has 0 saturated carbocycles. The lowest BCUT2D eigenvalue weighted by Crippen LogP contribution is -2.18. The van der Waals surface area contributed by atoms with E-state index in [0.717, 1.165) is 35.4 Å². The lowest BCUT2D eigenvalue weighted by molar-refractivity contribution is 0.164. The van der Waals surface area contributed by atoms with Gasteiger partial charge in [0.05, 0.1) is 25.5 Å². The van der Waals surface area contributed by atoms with Crippen molar-refractivity contribution in [2.75, 3.05) is 33.4 Å². The molecule has 4 nitrogen and oxygen atoms in total. The number of rotatable bonds is 5. The largest absolute Gasteiger partial charge is 0.401 e. The Morgan fingerprint density at radius 3 is 2.76 bits per heavy atom. The number of halogens is 1. The minimum absolute atomic E-state index is 0.278. The zero-order valence-electron chi connectivity index (χ0n) is 16.7. The second-order valence-electron chi connectivity index (χ2n) is 7.59. The van der Waals surface area contributed by atoms with Crippen LogP contribution in [0.5, 0.6) is 0 Å². The quantitative estimate of drug-likeness (QED) is 0.790. The molecule has 0 aliphatic carbocycles. The Labute approximate surface area is 171 Å². The molecule has 2 aromatic rings. The molecule has 4 rings (SSSR count). The predicted octanol–water partition coefficient (Wildman–Crippen LogP) is 3.78. The molecule has 0 saturated heterocycles. The Balaban J connectivity index is 1.66. The topological polar surface area (TPSA) is 50.8 Å². The van der Waals surface area contributed by atoms with Crippen molar-refractivity contribution in [1.29, 1.82) is 0 Å². The van der Waals surface area contributed by atoms with Crippen LogP contribution in [0.15, 0.2) is 70.9 Å². The number of benzene rings is 2. The van der Waals surface area contributed by atoms with Gasteiger partial charge >= 0.3 is 0 Å². The standard InChI is InChI=1S/C24H26FN3O/c1-28-14-21(23(26)15-28)24(20-9-2-3-10-22(20)25)27-13-17-6-4-7-18(12-17)19-8-5-11-29-16-19/h2-4,6-10,12H,5,11,13-16,26H2,1H3. The number of hydrogen-bond donors (Lipinski definition) is 1. The number of likely N-dealkylation sites (N-methyl/N-ethyl adjacent to an activating group) is 1. The van der Waals surface area contributed by atoms with Crippen LogP contribution in [0.25, 0.3) is 5.57 Å². The van der Waals surface area contributed by atoms with Crippen LogP contribution in [0.3, 0.4) is 0 Å². The molecular formula is C24H26FN3O. The molecule has 0 fully saturated rings. The van der Waals surface area contributed by atoms with E-state index in [4.69, 9.17) is 15.5 Å². The molecule has 29 heavy (non-hydrogen) atoms. The van der Waals surface area contributed by atoms with E-state index in [1.807, 2.05) is 19.2 Å². The fraction of sp³-hybridized carbons (Fsp3) is 0.292. The maximum Gasteiger partial charge on any atom is 0.132 e. The van der Waals surface area contributed by atoms with Gasteiger partial charge in [0.2, 0.25) is 0 Å². The zero-order chi connectivity index (χ0) is 20.2. The fourth-order valence-electron chi connectivity index (χ4n) is 3.84. The summed E-state index contributed by atoms with van der Waals surface area (Å²) >= 11 is 0. The minimum atomic E-state index is -0.278. The molecule has 5 heteroatoms. The van der Waals surface area contributed by atoms with Crippen LogP contribution < -0.4 is 5.73 Å². The SMILES string of the molecule is CN1CC(N)=C(C(=NCc2cccc(C3=CCCOC3)c2)c2ccccc2F)C1. The molecule has 2 N–H and O–H groups in total. The highest BCUT2D eigenvalue weighted by molar-refractivity contribution is 6.13. The summed E-state index contributed by atoms with van der Waals surface area (Å²) in [5.74, 6) is -0.278. The average Bonchev–Trinajstić information content (AvgIpc) is 3.08. The first kappa shape index (κ1) is 19.6. The molecule has 0 unspecified atom stereocenters. The van der Waals surface area contributed by atoms with Gasteiger partial charge in [0.15, 0.2) is 0 Å². The Bertz CT molecular complexity index is 993. The van der Waals surface area contributed by atoms with Gasteiger partial charge in [-0.05, 0) is 48.4 Å². The summed E-state index contributed by atoms with van der Waals surface area (Å²) in [5.41, 5.74) is 12.5. The molecule has 2 aromatic carbocycles. The lowest BCUT2D eigenvalue weighted by Gasteiger charge is -2.15. The molecular weight excluding hydrogens is 365 g/mol. The molecule has 0 bridgehead atoms. The molecule has 2 aliphatic rings. The van der Waals surface area contributed by atoms with Crippen LogP contribution in [0.2, 0.25) is 0 Å². The Morgan fingerprint density at radius 1 is 1.17 bits per heavy atom. The normalized spacial score (nSPS) is 18.3. The number of hydrogen-bond acceptors (Lipinski definition) is 4. The molecule has 0 spiro atoms. The molecule has 0 aromatic heterocycles. The monoisotopic (exact) mass is 391 g/mol. The van der Waals surface area contributed by atoms with E-state index in [1.54, 1.807) is 12.1 Å². The van der Waals surface area contributed by atoms with Gasteiger partial charge in [-0.2, -0.15) is 0 Å². The van der Waals surface area contributed by atoms with E-state index >= 15 is 0 Å². The van der Waals surface area contributed by atoms with Crippen molar-refractivity contribution in [1.82, 2.24) is 4.90 Å². The number of nitrogens with zero attached hydrogens (tertiary/aromatic N) is 2. The minimum Gasteiger partial charge on any atom is -0.401 e. The summed E-state index contributed by atoms with van der Waals surface area (Å²) in [6.07, 6.45) is 3.17. The van der Waals surface area contributed by atoms with Gasteiger partial charge in [0.1, 0.15) is 5.82 Å². The van der Waals surface area contributed by atoms with Gasteiger partial charge in [-0.15, -0.1) is 0 Å². The van der Waals surface area contributed by atoms with Crippen molar-refractivity contribution in [2.24, 2.45) is 10.7 Å². The highest BCUT2D eigenvalue weighted by atomic mass is 19.1. The van der Waals surface area contributed by atoms with Crippen molar-refractivity contribution in [3.05, 3.63) is 88.4 Å². The Hall–Kier alpha value is -2.76. The highest BCUT2D eigenvalue weighted by Gasteiger charge is 2.23. The third kappa shape index (κ3) is 4.47. The molecule has 0 atom stereocenters. The van der Waals surface area contributed by atoms with Crippen molar-refractivity contribution in [3.8, 4) is 0 Å². The lowest BCUT2D eigenvalue weighted by atomic mass is 10.00. The van der Waals surface area contributed by atoms with Crippen molar-refractivity contribution < 1.29 is 9.13 Å². The van der Waals surface area contributed by atoms with E-state index in [2.05, 4.69) is 29.2 Å². The number of ether oxygens (including phenoxy) is 1. The third-order valence-corrected chi connectivity index (χ3v) is 5.30. The molecule has 0 amide bonds. The van der Waals surface area contributed by atoms with Gasteiger partial charge in [-0.3, -0.25) is 9.89 Å². The highest BCUT2D eigenvalue weighted by Crippen LogP contribution is 2.23. The first-order chi connectivity index (χ1) is 14.1. The molecule has 150 valence electrons. The summed E-state index contributed by atoms with van der Waals surface area (Å²) in [5, 5.41) is 0. The summed E-state index contributed by atoms with van der Waals surface area (Å²) in [4.78, 5) is 6.95. The number of nitrogens with two attached hydrogens (primary N) is 1. The zero-order valence-corrected chi connectivity index (χ0v) is 16.7. The predicted molar refractivity (Wildman–Crippen MR) is 115 cm³/mol. The van der Waals surface area contributed by atoms with Crippen LogP contribution in [0.4, 0.5) is 4.39 Å². The van der Waals surface area contributed by atoms with Crippen molar-refractivity contribution in [2.45, 2.75) is 13.0 Å². The van der Waals surface area contributed by atoms with Crippen LogP contribution in [0, 0.1) is 5.82 Å². The van der Waals surface area contributed by atoms with Gasteiger partial charge < -0.3 is 10.5 Å². The van der Waals surface area contributed by atoms with E-state index in [0.29, 0.717) is 37.5 Å². The smallest absolute Gasteiger partial charge is 0.132 e. The average molecular weight is 391 g/mol. The van der Waals surface area contributed by atoms with Crippen molar-refractivity contribution >= 4 is 11.3 Å². The van der Waals surface area contributed by atoms with E-state index in [-0.39, 0.29) is 5.82 Å². The van der Waals surface area contributed by atoms with Crippen molar-refractivity contribution in [3.63, 3.8) is 0 Å². The summed E-state index contributed by atoms with van der Waals surface area (Å²) < 4.78 is 20.1. The van der Waals surface area contributed by atoms with Gasteiger partial charge in [0, 0.05) is 29.9 Å². The second kappa shape index (κ2) is 8.72. The Morgan fingerprint density at radius 2 is 2.03 bits per heavy atom. The first-order valence-electron chi connectivity index (χ1n) is 9.93. The second-order valence-corrected chi connectivity index (χ2v) is 7.59. The van der Waals surface area contributed by atoms with E-state index in [1.165, 1.54) is 11.6 Å². The maximum absolute atomic E-state index is 14.6. The van der Waals surface area contributed by atoms with Crippen LogP contribution in [0.1, 0.15) is 23.1 Å². The first-order valence-corrected chi connectivity index (χ1v) is 9.93. The number of aliphatic imine (C=N–C) groups is 1. The Kier molecular flexibility index (Phi) is 5.88. The molecule has 2 heterocycles. The maximum atomic E-state index is 14.6. The van der Waals surface area contributed by atoms with Crippen LogP contribution >= 0.6 is 0 Å². The summed E-state index contributed by atoms with van der Waals surface area (Å²) in [6.45, 7) is 3.23. The van der Waals surface area contributed by atoms with Gasteiger partial charge in [0.25, 0.3) is 0 Å². The summed E-state index contributed by atoms with van der Waals surface area (Å²) in [6, 6.07) is 15.1.